The van der Waals surface area contributed by atoms with Gasteiger partial charge in [-0.15, -0.1) is 0 Å². The van der Waals surface area contributed by atoms with E-state index in [2.05, 4.69) is 81.0 Å². The lowest BCUT2D eigenvalue weighted by Gasteiger charge is -2.22. The second-order valence-corrected chi connectivity index (χ2v) is 10.4. The third-order valence-corrected chi connectivity index (χ3v) is 7.45. The number of aliphatic hydroxyl groups excluding tert-OH is 1. The van der Waals surface area contributed by atoms with Crippen LogP contribution in [0.3, 0.4) is 0 Å². The van der Waals surface area contributed by atoms with Gasteiger partial charge in [-0.3, -0.25) is 4.98 Å². The highest BCUT2D eigenvalue weighted by atomic mass is 16.5. The van der Waals surface area contributed by atoms with E-state index in [1.165, 1.54) is 16.7 Å². The molecular formula is C33H40N6O3. The van der Waals surface area contributed by atoms with Gasteiger partial charge in [0.15, 0.2) is 0 Å². The molecule has 3 heterocycles. The van der Waals surface area contributed by atoms with Crippen LogP contribution in [-0.2, 0) is 26.1 Å². The molecule has 0 atom stereocenters. The third-order valence-electron chi connectivity index (χ3n) is 7.45. The number of ether oxygens (including phenoxy) is 2. The quantitative estimate of drug-likeness (QED) is 0.183. The van der Waals surface area contributed by atoms with Crippen LogP contribution in [0, 0.1) is 6.92 Å². The van der Waals surface area contributed by atoms with Crippen molar-refractivity contribution in [3.63, 3.8) is 0 Å². The summed E-state index contributed by atoms with van der Waals surface area (Å²) in [7, 11) is 1.65. The van der Waals surface area contributed by atoms with E-state index in [1.54, 1.807) is 7.11 Å². The Hall–Kier alpha value is -4.05. The molecule has 4 aromatic rings. The van der Waals surface area contributed by atoms with Crippen molar-refractivity contribution in [3.05, 3.63) is 95.2 Å². The van der Waals surface area contributed by atoms with Gasteiger partial charge < -0.3 is 30.1 Å². The van der Waals surface area contributed by atoms with Crippen molar-refractivity contribution >= 4 is 5.69 Å². The molecule has 220 valence electrons. The maximum absolute atomic E-state index is 9.07. The van der Waals surface area contributed by atoms with E-state index >= 15 is 0 Å². The van der Waals surface area contributed by atoms with Crippen LogP contribution >= 0.6 is 0 Å². The number of hydrogen-bond donors (Lipinski definition) is 3. The van der Waals surface area contributed by atoms with Gasteiger partial charge in [-0.2, -0.15) is 4.98 Å². The van der Waals surface area contributed by atoms with Gasteiger partial charge in [-0.25, -0.2) is 4.98 Å². The van der Waals surface area contributed by atoms with Crippen molar-refractivity contribution in [1.29, 1.82) is 0 Å². The molecule has 0 unspecified atom stereocenters. The van der Waals surface area contributed by atoms with Crippen LogP contribution in [-0.4, -0.2) is 60.0 Å². The fourth-order valence-electron chi connectivity index (χ4n) is 5.30. The Kier molecular flexibility index (Phi) is 10.3. The molecular weight excluding hydrogens is 528 g/mol. The Morgan fingerprint density at radius 1 is 0.952 bits per heavy atom. The van der Waals surface area contributed by atoms with Crippen molar-refractivity contribution in [2.45, 2.75) is 39.4 Å². The Balaban J connectivity index is 1.19. The molecule has 1 aliphatic heterocycles. The van der Waals surface area contributed by atoms with E-state index in [4.69, 9.17) is 19.6 Å². The molecule has 0 saturated heterocycles. The van der Waals surface area contributed by atoms with Crippen molar-refractivity contribution in [2.24, 2.45) is 0 Å². The number of nitrogens with zero attached hydrogens (tertiary/aromatic N) is 4. The summed E-state index contributed by atoms with van der Waals surface area (Å²) in [4.78, 5) is 15.8. The highest BCUT2D eigenvalue weighted by Crippen LogP contribution is 2.37. The van der Waals surface area contributed by atoms with E-state index in [0.29, 0.717) is 44.5 Å². The van der Waals surface area contributed by atoms with E-state index in [-0.39, 0.29) is 6.61 Å². The Bertz CT molecular complexity index is 1450. The summed E-state index contributed by atoms with van der Waals surface area (Å²) in [6, 6.07) is 18.9. The normalized spacial score (nSPS) is 12.4. The molecule has 0 bridgehead atoms. The van der Waals surface area contributed by atoms with Crippen LogP contribution < -0.4 is 25.0 Å². The smallest absolute Gasteiger partial charge is 0.221 e. The van der Waals surface area contributed by atoms with Crippen molar-refractivity contribution in [2.75, 3.05) is 44.9 Å². The molecule has 9 heteroatoms. The van der Waals surface area contributed by atoms with Gasteiger partial charge in [-0.05, 0) is 85.4 Å². The number of hydrogen-bond acceptors (Lipinski definition) is 9. The maximum Gasteiger partial charge on any atom is 0.221 e. The lowest BCUT2D eigenvalue weighted by Crippen LogP contribution is -2.20. The molecule has 0 radical (unpaired) electrons. The van der Waals surface area contributed by atoms with E-state index in [0.717, 1.165) is 54.2 Å². The number of nitrogens with one attached hydrogen (secondary N) is 2. The van der Waals surface area contributed by atoms with Crippen LogP contribution in [0.4, 0.5) is 5.69 Å². The second kappa shape index (κ2) is 14.7. The number of aromatic nitrogens is 3. The highest BCUT2D eigenvalue weighted by molar-refractivity contribution is 5.75. The molecule has 1 aliphatic rings. The van der Waals surface area contributed by atoms with Gasteiger partial charge in [0.2, 0.25) is 5.88 Å². The SMILES string of the molecule is COc1nc(CNCCO)nc2c1CN(c1cccc(-c3cccc(OCCCNCCc4ccncc4)c3)c1C)C2. The van der Waals surface area contributed by atoms with Crippen LogP contribution in [0.15, 0.2) is 67.0 Å². The molecule has 3 N–H and O–H groups in total. The average molecular weight is 569 g/mol. The van der Waals surface area contributed by atoms with Gasteiger partial charge in [0.05, 0.1) is 51.2 Å². The van der Waals surface area contributed by atoms with Crippen molar-refractivity contribution in [3.8, 4) is 22.8 Å². The number of fused-ring (bicyclic) bond motifs is 1. The monoisotopic (exact) mass is 568 g/mol. The van der Waals surface area contributed by atoms with Gasteiger partial charge in [0.1, 0.15) is 11.6 Å². The number of rotatable bonds is 15. The molecule has 0 fully saturated rings. The Labute approximate surface area is 248 Å². The van der Waals surface area contributed by atoms with Gasteiger partial charge in [0, 0.05) is 24.6 Å². The minimum Gasteiger partial charge on any atom is -0.494 e. The predicted octanol–water partition coefficient (Wildman–Crippen LogP) is 4.06. The number of methoxy groups -OCH3 is 1. The highest BCUT2D eigenvalue weighted by Gasteiger charge is 2.27. The standard InChI is InChI=1S/C33H40N6O3/c1-24-28(26-6-3-7-27(20-26)42-19-5-13-34-14-10-25-11-15-35-16-12-25)8-4-9-31(24)39-22-29-30(23-39)37-32(21-36-17-18-40)38-33(29)41-2/h3-4,6-9,11-12,15-16,20,34,36,40H,5,10,13-14,17-19,21-23H2,1-2H3. The van der Waals surface area contributed by atoms with E-state index in [1.807, 2.05) is 18.5 Å². The number of benzene rings is 2. The first-order valence-electron chi connectivity index (χ1n) is 14.6. The fraction of sp³-hybridized carbons (Fsp3) is 0.364. The summed E-state index contributed by atoms with van der Waals surface area (Å²) in [6.45, 7) is 7.13. The molecule has 42 heavy (non-hydrogen) atoms. The lowest BCUT2D eigenvalue weighted by atomic mass is 9.98. The molecule has 0 saturated carbocycles. The van der Waals surface area contributed by atoms with Crippen LogP contribution in [0.2, 0.25) is 0 Å². The first-order chi connectivity index (χ1) is 20.7. The topological polar surface area (TPSA) is 105 Å². The fourth-order valence-corrected chi connectivity index (χ4v) is 5.30. The molecule has 0 amide bonds. The number of anilines is 1. The zero-order valence-electron chi connectivity index (χ0n) is 24.5. The minimum absolute atomic E-state index is 0.0755. The predicted molar refractivity (Wildman–Crippen MR) is 165 cm³/mol. The Morgan fingerprint density at radius 3 is 2.64 bits per heavy atom. The van der Waals surface area contributed by atoms with Crippen LogP contribution in [0.1, 0.15) is 34.6 Å². The van der Waals surface area contributed by atoms with Gasteiger partial charge in [0.25, 0.3) is 0 Å². The summed E-state index contributed by atoms with van der Waals surface area (Å²) in [5.41, 5.74) is 7.98. The van der Waals surface area contributed by atoms with Crippen molar-refractivity contribution < 1.29 is 14.6 Å². The number of aliphatic hydroxyl groups is 1. The van der Waals surface area contributed by atoms with Crippen molar-refractivity contribution in [1.82, 2.24) is 25.6 Å². The molecule has 5 rings (SSSR count). The first-order valence-corrected chi connectivity index (χ1v) is 14.6. The summed E-state index contributed by atoms with van der Waals surface area (Å²) in [5, 5.41) is 15.7. The van der Waals surface area contributed by atoms with Crippen LogP contribution in [0.5, 0.6) is 11.6 Å². The lowest BCUT2D eigenvalue weighted by molar-refractivity contribution is 0.291. The molecule has 2 aromatic carbocycles. The van der Waals surface area contributed by atoms with Crippen LogP contribution in [0.25, 0.3) is 11.1 Å². The second-order valence-electron chi connectivity index (χ2n) is 10.4. The minimum atomic E-state index is 0.0755. The Morgan fingerprint density at radius 2 is 1.81 bits per heavy atom. The maximum atomic E-state index is 9.07. The zero-order valence-corrected chi connectivity index (χ0v) is 24.5. The summed E-state index contributed by atoms with van der Waals surface area (Å²) >= 11 is 0. The molecule has 0 aliphatic carbocycles. The summed E-state index contributed by atoms with van der Waals surface area (Å²) in [6.07, 6.45) is 5.61. The van der Waals surface area contributed by atoms with E-state index < -0.39 is 0 Å². The third kappa shape index (κ3) is 7.42. The molecule has 2 aromatic heterocycles. The number of pyridine rings is 1. The average Bonchev–Trinajstić information content (AvgIpc) is 3.45. The van der Waals surface area contributed by atoms with E-state index in [9.17, 15) is 0 Å². The van der Waals surface area contributed by atoms with Gasteiger partial charge >= 0.3 is 0 Å². The largest absolute Gasteiger partial charge is 0.494 e. The molecule has 0 spiro atoms. The summed E-state index contributed by atoms with van der Waals surface area (Å²) < 4.78 is 11.7. The molecule has 9 nitrogen and oxygen atoms in total. The van der Waals surface area contributed by atoms with Gasteiger partial charge in [-0.1, -0.05) is 24.3 Å². The first kappa shape index (κ1) is 29.4. The zero-order chi connectivity index (χ0) is 29.1. The summed E-state index contributed by atoms with van der Waals surface area (Å²) in [5.74, 6) is 2.17.